The lowest BCUT2D eigenvalue weighted by atomic mass is 9.98. The molecule has 1 N–H and O–H groups in total. The minimum Gasteiger partial charge on any atom is -0.487 e. The van der Waals surface area contributed by atoms with E-state index in [4.69, 9.17) is 9.47 Å². The smallest absolute Gasteiger partial charge is 0.340 e. The quantitative estimate of drug-likeness (QED) is 0.397. The van der Waals surface area contributed by atoms with E-state index in [9.17, 15) is 17.6 Å². The number of halogens is 4. The third-order valence-corrected chi connectivity index (χ3v) is 5.86. The molecule has 4 rings (SSSR count). The highest BCUT2D eigenvalue weighted by atomic mass is 19.3. The summed E-state index contributed by atoms with van der Waals surface area (Å²) >= 11 is 0. The van der Waals surface area contributed by atoms with E-state index in [-0.39, 0.29) is 24.5 Å². The highest BCUT2D eigenvalue weighted by molar-refractivity contribution is 5.58. The standard InChI is InChI=1S/C23H27F4N7O2/c1-14-18(36-15-6-4-3-5-7-15)12-29-20(32-14)16-10-31-34(2)17(16)11-30-22-28-9-8-19(33-22)35-13-23(26,27)21(24)25/h8-10,12,15,21H,3-7,11,13H2,1-2H3,(H,28,30,33). The van der Waals surface area contributed by atoms with Crippen molar-refractivity contribution in [2.45, 2.75) is 64.0 Å². The summed E-state index contributed by atoms with van der Waals surface area (Å²) in [6, 6.07) is 1.20. The maximum Gasteiger partial charge on any atom is 0.340 e. The van der Waals surface area contributed by atoms with Crippen LogP contribution >= 0.6 is 0 Å². The molecule has 9 nitrogen and oxygen atoms in total. The predicted octanol–water partition coefficient (Wildman–Crippen LogP) is 4.58. The summed E-state index contributed by atoms with van der Waals surface area (Å²) in [5.74, 6) is -3.34. The zero-order valence-corrected chi connectivity index (χ0v) is 19.9. The van der Waals surface area contributed by atoms with Crippen molar-refractivity contribution in [2.75, 3.05) is 11.9 Å². The summed E-state index contributed by atoms with van der Waals surface area (Å²) in [5, 5.41) is 7.25. The second-order valence-electron chi connectivity index (χ2n) is 8.57. The highest BCUT2D eigenvalue weighted by Crippen LogP contribution is 2.28. The molecule has 13 heteroatoms. The third-order valence-electron chi connectivity index (χ3n) is 5.86. The zero-order chi connectivity index (χ0) is 25.7. The summed E-state index contributed by atoms with van der Waals surface area (Å²) in [7, 11) is 1.75. The topological polar surface area (TPSA) is 99.9 Å². The SMILES string of the molecule is Cc1nc(-c2cnn(C)c2CNc2nccc(OCC(F)(F)C(F)F)n2)ncc1OC1CCCCC1. The summed E-state index contributed by atoms with van der Waals surface area (Å²) in [4.78, 5) is 17.1. The summed E-state index contributed by atoms with van der Waals surface area (Å²) in [6.07, 6.45) is 6.56. The van der Waals surface area contributed by atoms with Gasteiger partial charge in [0.1, 0.15) is 0 Å². The first-order valence-electron chi connectivity index (χ1n) is 11.6. The first-order valence-corrected chi connectivity index (χ1v) is 11.6. The molecule has 0 aliphatic heterocycles. The van der Waals surface area contributed by atoms with E-state index in [0.29, 0.717) is 17.1 Å². The summed E-state index contributed by atoms with van der Waals surface area (Å²) < 4.78 is 63.4. The van der Waals surface area contributed by atoms with Crippen LogP contribution in [0.2, 0.25) is 0 Å². The average Bonchev–Trinajstić information content (AvgIpc) is 3.23. The number of nitrogens with one attached hydrogen (secondary N) is 1. The molecule has 0 radical (unpaired) electrons. The summed E-state index contributed by atoms with van der Waals surface area (Å²) in [6.45, 7) is 0.573. The van der Waals surface area contributed by atoms with Crippen LogP contribution in [-0.2, 0) is 13.6 Å². The molecular weight excluding hydrogens is 482 g/mol. The maximum atomic E-state index is 13.1. The Labute approximate surface area is 205 Å². The van der Waals surface area contributed by atoms with E-state index >= 15 is 0 Å². The van der Waals surface area contributed by atoms with Crippen molar-refractivity contribution in [1.82, 2.24) is 29.7 Å². The van der Waals surface area contributed by atoms with E-state index < -0.39 is 19.0 Å². The largest absolute Gasteiger partial charge is 0.487 e. The summed E-state index contributed by atoms with van der Waals surface area (Å²) in [5.41, 5.74) is 2.12. The van der Waals surface area contributed by atoms with Gasteiger partial charge in [0.25, 0.3) is 0 Å². The normalized spacial score (nSPS) is 14.8. The molecule has 0 amide bonds. The van der Waals surface area contributed by atoms with E-state index in [1.54, 1.807) is 24.1 Å². The van der Waals surface area contributed by atoms with Gasteiger partial charge in [0.05, 0.1) is 42.0 Å². The van der Waals surface area contributed by atoms with Gasteiger partial charge >= 0.3 is 12.3 Å². The molecule has 0 unspecified atom stereocenters. The van der Waals surface area contributed by atoms with Crippen molar-refractivity contribution in [2.24, 2.45) is 7.05 Å². The molecule has 0 atom stereocenters. The van der Waals surface area contributed by atoms with Gasteiger partial charge in [0.2, 0.25) is 11.8 Å². The Morgan fingerprint density at radius 1 is 1.14 bits per heavy atom. The van der Waals surface area contributed by atoms with Crippen LogP contribution in [0.5, 0.6) is 11.6 Å². The van der Waals surface area contributed by atoms with Crippen molar-refractivity contribution in [3.05, 3.63) is 36.0 Å². The van der Waals surface area contributed by atoms with Crippen LogP contribution in [0, 0.1) is 6.92 Å². The lowest BCUT2D eigenvalue weighted by molar-refractivity contribution is -0.148. The number of anilines is 1. The fourth-order valence-electron chi connectivity index (χ4n) is 3.83. The molecule has 0 bridgehead atoms. The van der Waals surface area contributed by atoms with Gasteiger partial charge in [-0.3, -0.25) is 4.68 Å². The van der Waals surface area contributed by atoms with Gasteiger partial charge in [-0.1, -0.05) is 6.42 Å². The van der Waals surface area contributed by atoms with Crippen molar-refractivity contribution >= 4 is 5.95 Å². The van der Waals surface area contributed by atoms with Crippen molar-refractivity contribution < 1.29 is 27.0 Å². The van der Waals surface area contributed by atoms with Crippen LogP contribution in [0.15, 0.2) is 24.7 Å². The molecule has 0 spiro atoms. The Balaban J connectivity index is 1.43. The average molecular weight is 510 g/mol. The van der Waals surface area contributed by atoms with E-state index in [0.717, 1.165) is 37.1 Å². The Morgan fingerprint density at radius 3 is 2.64 bits per heavy atom. The Morgan fingerprint density at radius 2 is 1.92 bits per heavy atom. The highest BCUT2D eigenvalue weighted by Gasteiger charge is 2.41. The van der Waals surface area contributed by atoms with Crippen LogP contribution in [0.3, 0.4) is 0 Å². The minimum atomic E-state index is -4.28. The number of alkyl halides is 4. The van der Waals surface area contributed by atoms with Gasteiger partial charge in [-0.05, 0) is 32.6 Å². The minimum absolute atomic E-state index is 0.0633. The van der Waals surface area contributed by atoms with Gasteiger partial charge in [-0.15, -0.1) is 0 Å². The fourth-order valence-corrected chi connectivity index (χ4v) is 3.83. The van der Waals surface area contributed by atoms with E-state index in [2.05, 4.69) is 30.4 Å². The molecule has 194 valence electrons. The van der Waals surface area contributed by atoms with Crippen LogP contribution < -0.4 is 14.8 Å². The molecule has 1 saturated carbocycles. The molecule has 1 aliphatic carbocycles. The Bertz CT molecular complexity index is 1170. The zero-order valence-electron chi connectivity index (χ0n) is 19.9. The van der Waals surface area contributed by atoms with E-state index in [1.807, 2.05) is 6.92 Å². The Kier molecular flexibility index (Phi) is 7.85. The molecule has 3 aromatic rings. The first kappa shape index (κ1) is 25.6. The van der Waals surface area contributed by atoms with E-state index in [1.165, 1.54) is 18.7 Å². The first-order chi connectivity index (χ1) is 17.2. The van der Waals surface area contributed by atoms with Crippen LogP contribution in [-0.4, -0.2) is 54.8 Å². The van der Waals surface area contributed by atoms with Gasteiger partial charge in [0.15, 0.2) is 18.2 Å². The number of nitrogens with zero attached hydrogens (tertiary/aromatic N) is 6. The van der Waals surface area contributed by atoms with Gasteiger partial charge in [-0.25, -0.2) is 23.7 Å². The number of ether oxygens (including phenoxy) is 2. The fraction of sp³-hybridized carbons (Fsp3) is 0.522. The van der Waals surface area contributed by atoms with Crippen molar-refractivity contribution in [3.63, 3.8) is 0 Å². The van der Waals surface area contributed by atoms with Gasteiger partial charge < -0.3 is 14.8 Å². The van der Waals surface area contributed by atoms with Crippen LogP contribution in [0.4, 0.5) is 23.5 Å². The molecule has 1 aliphatic rings. The van der Waals surface area contributed by atoms with Crippen LogP contribution in [0.25, 0.3) is 11.4 Å². The van der Waals surface area contributed by atoms with Crippen LogP contribution in [0.1, 0.15) is 43.5 Å². The van der Waals surface area contributed by atoms with Crippen molar-refractivity contribution in [3.8, 4) is 23.0 Å². The van der Waals surface area contributed by atoms with Gasteiger partial charge in [0, 0.05) is 19.3 Å². The molecular formula is C23H27F4N7O2. The molecule has 0 saturated heterocycles. The molecule has 36 heavy (non-hydrogen) atoms. The lowest BCUT2D eigenvalue weighted by Crippen LogP contribution is -2.33. The number of hydrogen-bond donors (Lipinski definition) is 1. The molecule has 3 aromatic heterocycles. The second kappa shape index (κ2) is 11.0. The number of aryl methyl sites for hydroxylation is 2. The Hall–Kier alpha value is -3.51. The molecule has 1 fully saturated rings. The lowest BCUT2D eigenvalue weighted by Gasteiger charge is -2.23. The maximum absolute atomic E-state index is 13.1. The second-order valence-corrected chi connectivity index (χ2v) is 8.57. The third kappa shape index (κ3) is 6.18. The predicted molar refractivity (Wildman–Crippen MR) is 122 cm³/mol. The number of hydrogen-bond acceptors (Lipinski definition) is 8. The monoisotopic (exact) mass is 509 g/mol. The number of rotatable bonds is 10. The number of aromatic nitrogens is 6. The van der Waals surface area contributed by atoms with Gasteiger partial charge in [-0.2, -0.15) is 18.9 Å². The van der Waals surface area contributed by atoms with Crippen molar-refractivity contribution in [1.29, 1.82) is 0 Å². The molecule has 0 aromatic carbocycles. The molecule has 3 heterocycles.